The maximum atomic E-state index is 12.0. The number of amides is 1. The van der Waals surface area contributed by atoms with E-state index in [1.165, 1.54) is 0 Å². The summed E-state index contributed by atoms with van der Waals surface area (Å²) in [6, 6.07) is 12.2. The first-order chi connectivity index (χ1) is 12.2. The number of ether oxygens (including phenoxy) is 3. The van der Waals surface area contributed by atoms with Crippen molar-refractivity contribution in [3.8, 4) is 17.2 Å². The van der Waals surface area contributed by atoms with Gasteiger partial charge in [-0.1, -0.05) is 6.92 Å². The number of carbonyl (C=O) groups is 1. The number of nitrogens with one attached hydrogen (secondary N) is 1. The lowest BCUT2D eigenvalue weighted by Crippen LogP contribution is -2.17. The van der Waals surface area contributed by atoms with Gasteiger partial charge in [0.15, 0.2) is 11.5 Å². The van der Waals surface area contributed by atoms with Gasteiger partial charge in [0.25, 0.3) is 5.91 Å². The second-order valence-corrected chi connectivity index (χ2v) is 5.19. The summed E-state index contributed by atoms with van der Waals surface area (Å²) in [7, 11) is 3.17. The number of carbonyl (C=O) groups excluding carboxylic acids is 1. The van der Waals surface area contributed by atoms with Crippen molar-refractivity contribution < 1.29 is 19.0 Å². The molecule has 0 aliphatic carbocycles. The fourth-order valence-corrected chi connectivity index (χ4v) is 2.07. The van der Waals surface area contributed by atoms with Crippen LogP contribution in [0.5, 0.6) is 17.2 Å². The average Bonchev–Trinajstić information content (AvgIpc) is 2.66. The highest BCUT2D eigenvalue weighted by molar-refractivity contribution is 5.95. The van der Waals surface area contributed by atoms with Crippen LogP contribution in [0.15, 0.2) is 47.6 Å². The van der Waals surface area contributed by atoms with Gasteiger partial charge in [0, 0.05) is 5.56 Å². The monoisotopic (exact) mass is 342 g/mol. The Morgan fingerprint density at radius 3 is 2.48 bits per heavy atom. The summed E-state index contributed by atoms with van der Waals surface area (Å²) < 4.78 is 16.0. The maximum absolute atomic E-state index is 12.0. The number of nitrogens with zero attached hydrogens (tertiary/aromatic N) is 1. The average molecular weight is 342 g/mol. The highest BCUT2D eigenvalue weighted by Gasteiger charge is 2.06. The van der Waals surface area contributed by atoms with Crippen molar-refractivity contribution in [3.05, 3.63) is 53.6 Å². The summed E-state index contributed by atoms with van der Waals surface area (Å²) in [5.74, 6) is 1.70. The third-order valence-electron chi connectivity index (χ3n) is 3.38. The molecule has 0 fully saturated rings. The Kier molecular flexibility index (Phi) is 6.83. The minimum absolute atomic E-state index is 0.296. The van der Waals surface area contributed by atoms with Gasteiger partial charge in [0.1, 0.15) is 5.75 Å². The molecule has 0 spiro atoms. The minimum atomic E-state index is -0.296. The molecule has 2 aromatic rings. The smallest absolute Gasteiger partial charge is 0.271 e. The number of hydrazone groups is 1. The van der Waals surface area contributed by atoms with E-state index in [0.717, 1.165) is 12.0 Å². The Morgan fingerprint density at radius 2 is 1.84 bits per heavy atom. The van der Waals surface area contributed by atoms with Crippen molar-refractivity contribution in [3.63, 3.8) is 0 Å². The molecule has 0 saturated carbocycles. The van der Waals surface area contributed by atoms with Gasteiger partial charge in [0.05, 0.1) is 27.0 Å². The lowest BCUT2D eigenvalue weighted by atomic mass is 10.2. The molecule has 6 heteroatoms. The quantitative estimate of drug-likeness (QED) is 0.590. The molecule has 0 bridgehead atoms. The van der Waals surface area contributed by atoms with Gasteiger partial charge in [-0.05, 0) is 54.4 Å². The van der Waals surface area contributed by atoms with Crippen molar-refractivity contribution in [2.24, 2.45) is 5.10 Å². The highest BCUT2D eigenvalue weighted by Crippen LogP contribution is 2.27. The number of hydrogen-bond acceptors (Lipinski definition) is 5. The fourth-order valence-electron chi connectivity index (χ4n) is 2.07. The standard InChI is InChI=1S/C19H22N2O4/c1-4-11-25-18-12-14(5-10-17(18)24-3)13-20-21-19(22)15-6-8-16(23-2)9-7-15/h5-10,12-13H,4,11H2,1-3H3,(H,21,22)/b20-13-. The lowest BCUT2D eigenvalue weighted by Gasteiger charge is -2.10. The Hall–Kier alpha value is -3.02. The number of rotatable bonds is 8. The molecule has 0 atom stereocenters. The molecule has 25 heavy (non-hydrogen) atoms. The van der Waals surface area contributed by atoms with E-state index in [1.807, 2.05) is 19.1 Å². The van der Waals surface area contributed by atoms with E-state index in [1.54, 1.807) is 50.8 Å². The molecule has 0 aromatic heterocycles. The van der Waals surface area contributed by atoms with Gasteiger partial charge in [-0.2, -0.15) is 5.10 Å². The summed E-state index contributed by atoms with van der Waals surface area (Å²) in [5, 5.41) is 3.99. The van der Waals surface area contributed by atoms with E-state index in [4.69, 9.17) is 14.2 Å². The molecule has 0 unspecified atom stereocenters. The predicted molar refractivity (Wildman–Crippen MR) is 96.8 cm³/mol. The Morgan fingerprint density at radius 1 is 1.08 bits per heavy atom. The Bertz CT molecular complexity index is 727. The first-order valence-electron chi connectivity index (χ1n) is 7.96. The van der Waals surface area contributed by atoms with Crippen LogP contribution in [0.3, 0.4) is 0 Å². The van der Waals surface area contributed by atoms with Gasteiger partial charge in [-0.3, -0.25) is 4.79 Å². The summed E-state index contributed by atoms with van der Waals surface area (Å²) in [5.41, 5.74) is 3.79. The van der Waals surface area contributed by atoms with Crippen LogP contribution >= 0.6 is 0 Å². The second kappa shape index (κ2) is 9.32. The fraction of sp³-hybridized carbons (Fsp3) is 0.263. The Labute approximate surface area is 147 Å². The van der Waals surface area contributed by atoms with Gasteiger partial charge in [-0.15, -0.1) is 0 Å². The van der Waals surface area contributed by atoms with Gasteiger partial charge in [0.2, 0.25) is 0 Å². The van der Waals surface area contributed by atoms with Crippen molar-refractivity contribution >= 4 is 12.1 Å². The first kappa shape index (κ1) is 18.3. The van der Waals surface area contributed by atoms with Crippen molar-refractivity contribution in [2.75, 3.05) is 20.8 Å². The van der Waals surface area contributed by atoms with Gasteiger partial charge in [-0.25, -0.2) is 5.43 Å². The van der Waals surface area contributed by atoms with E-state index in [0.29, 0.717) is 29.4 Å². The van der Waals surface area contributed by atoms with E-state index < -0.39 is 0 Å². The summed E-state index contributed by atoms with van der Waals surface area (Å²) in [6.45, 7) is 2.64. The molecule has 0 radical (unpaired) electrons. The van der Waals surface area contributed by atoms with Crippen LogP contribution in [0.1, 0.15) is 29.3 Å². The van der Waals surface area contributed by atoms with Gasteiger partial charge < -0.3 is 14.2 Å². The van der Waals surface area contributed by atoms with Crippen LogP contribution in [0.4, 0.5) is 0 Å². The van der Waals surface area contributed by atoms with Crippen LogP contribution in [0.2, 0.25) is 0 Å². The molecule has 2 aromatic carbocycles. The van der Waals surface area contributed by atoms with Gasteiger partial charge >= 0.3 is 0 Å². The molecule has 2 rings (SSSR count). The molecule has 1 amide bonds. The van der Waals surface area contributed by atoms with Crippen LogP contribution in [0, 0.1) is 0 Å². The summed E-state index contributed by atoms with van der Waals surface area (Å²) >= 11 is 0. The molecule has 1 N–H and O–H groups in total. The maximum Gasteiger partial charge on any atom is 0.271 e. The van der Waals surface area contributed by atoms with Crippen molar-refractivity contribution in [2.45, 2.75) is 13.3 Å². The first-order valence-corrected chi connectivity index (χ1v) is 7.96. The van der Waals surface area contributed by atoms with Crippen LogP contribution in [0.25, 0.3) is 0 Å². The zero-order valence-corrected chi connectivity index (χ0v) is 14.6. The topological polar surface area (TPSA) is 69.2 Å². The number of benzene rings is 2. The predicted octanol–water partition coefficient (Wildman–Crippen LogP) is 3.26. The molecule has 0 aliphatic rings. The minimum Gasteiger partial charge on any atom is -0.497 e. The van der Waals surface area contributed by atoms with Crippen LogP contribution in [-0.4, -0.2) is 32.9 Å². The van der Waals surface area contributed by atoms with Crippen LogP contribution < -0.4 is 19.6 Å². The number of hydrogen-bond donors (Lipinski definition) is 1. The third kappa shape index (κ3) is 5.24. The molecule has 0 aliphatic heterocycles. The van der Waals surface area contributed by atoms with E-state index in [-0.39, 0.29) is 5.91 Å². The SMILES string of the molecule is CCCOc1cc(/C=N\NC(=O)c2ccc(OC)cc2)ccc1OC. The van der Waals surface area contributed by atoms with Crippen molar-refractivity contribution in [1.82, 2.24) is 5.43 Å². The second-order valence-electron chi connectivity index (χ2n) is 5.19. The normalized spacial score (nSPS) is 10.5. The zero-order valence-electron chi connectivity index (χ0n) is 14.6. The molecule has 6 nitrogen and oxygen atoms in total. The van der Waals surface area contributed by atoms with E-state index in [9.17, 15) is 4.79 Å². The zero-order chi connectivity index (χ0) is 18.1. The molecule has 132 valence electrons. The van der Waals surface area contributed by atoms with E-state index >= 15 is 0 Å². The lowest BCUT2D eigenvalue weighted by molar-refractivity contribution is 0.0955. The molecule has 0 heterocycles. The van der Waals surface area contributed by atoms with Crippen molar-refractivity contribution in [1.29, 1.82) is 0 Å². The molecular weight excluding hydrogens is 320 g/mol. The Balaban J connectivity index is 2.01. The summed E-state index contributed by atoms with van der Waals surface area (Å²) in [6.07, 6.45) is 2.46. The molecule has 0 saturated heterocycles. The highest BCUT2D eigenvalue weighted by atomic mass is 16.5. The molecular formula is C19H22N2O4. The number of methoxy groups -OCH3 is 2. The third-order valence-corrected chi connectivity index (χ3v) is 3.38. The van der Waals surface area contributed by atoms with Crippen LogP contribution in [-0.2, 0) is 0 Å². The van der Waals surface area contributed by atoms with E-state index in [2.05, 4.69) is 10.5 Å². The summed E-state index contributed by atoms with van der Waals surface area (Å²) in [4.78, 5) is 12.0. The largest absolute Gasteiger partial charge is 0.497 e.